The van der Waals surface area contributed by atoms with Gasteiger partial charge in [-0.1, -0.05) is 20.8 Å². The van der Waals surface area contributed by atoms with Gasteiger partial charge in [-0.3, -0.25) is 0 Å². The standard InChI is InChI=1S/C8H19NS/c1-5-8(2,3)7(9)6-10-4/h7H,5-6,9H2,1-4H3. The van der Waals surface area contributed by atoms with Gasteiger partial charge in [-0.05, 0) is 18.1 Å². The highest BCUT2D eigenvalue weighted by Gasteiger charge is 2.23. The van der Waals surface area contributed by atoms with Crippen LogP contribution >= 0.6 is 11.8 Å². The van der Waals surface area contributed by atoms with Crippen molar-refractivity contribution in [2.24, 2.45) is 11.1 Å². The molecule has 0 heterocycles. The summed E-state index contributed by atoms with van der Waals surface area (Å²) < 4.78 is 0. The molecule has 0 aliphatic carbocycles. The largest absolute Gasteiger partial charge is 0.326 e. The van der Waals surface area contributed by atoms with E-state index in [1.165, 1.54) is 0 Å². The molecular formula is C8H19NS. The third-order valence-corrected chi connectivity index (χ3v) is 2.95. The van der Waals surface area contributed by atoms with E-state index in [1.54, 1.807) is 0 Å². The van der Waals surface area contributed by atoms with Crippen LogP contribution in [-0.4, -0.2) is 18.1 Å². The maximum atomic E-state index is 5.95. The molecule has 0 fully saturated rings. The van der Waals surface area contributed by atoms with Gasteiger partial charge in [0.1, 0.15) is 0 Å². The van der Waals surface area contributed by atoms with Gasteiger partial charge in [-0.2, -0.15) is 11.8 Å². The summed E-state index contributed by atoms with van der Waals surface area (Å²) in [6.07, 6.45) is 3.26. The summed E-state index contributed by atoms with van der Waals surface area (Å²) >= 11 is 1.83. The molecule has 0 aromatic carbocycles. The van der Waals surface area contributed by atoms with E-state index < -0.39 is 0 Å². The molecule has 1 unspecified atom stereocenters. The minimum atomic E-state index is 0.309. The Balaban J connectivity index is 3.78. The number of thioether (sulfide) groups is 1. The van der Waals surface area contributed by atoms with Crippen LogP contribution in [0.2, 0.25) is 0 Å². The van der Waals surface area contributed by atoms with Crippen molar-refractivity contribution in [3.63, 3.8) is 0 Å². The molecule has 0 aliphatic heterocycles. The third-order valence-electron chi connectivity index (χ3n) is 2.26. The molecule has 2 N–H and O–H groups in total. The highest BCUT2D eigenvalue weighted by Crippen LogP contribution is 2.24. The Morgan fingerprint density at radius 2 is 2.00 bits per heavy atom. The quantitative estimate of drug-likeness (QED) is 0.683. The van der Waals surface area contributed by atoms with Crippen molar-refractivity contribution in [2.45, 2.75) is 33.2 Å². The molecule has 1 nitrogen and oxygen atoms in total. The molecular weight excluding hydrogens is 142 g/mol. The Bertz CT molecular complexity index is 91.3. The topological polar surface area (TPSA) is 26.0 Å². The number of hydrogen-bond donors (Lipinski definition) is 1. The number of rotatable bonds is 4. The summed E-state index contributed by atoms with van der Waals surface area (Å²) in [6, 6.07) is 0.340. The van der Waals surface area contributed by atoms with E-state index in [0.29, 0.717) is 11.5 Å². The van der Waals surface area contributed by atoms with Gasteiger partial charge in [0.2, 0.25) is 0 Å². The van der Waals surface area contributed by atoms with Crippen LogP contribution in [0.1, 0.15) is 27.2 Å². The van der Waals surface area contributed by atoms with Gasteiger partial charge in [-0.15, -0.1) is 0 Å². The minimum Gasteiger partial charge on any atom is -0.326 e. The lowest BCUT2D eigenvalue weighted by Gasteiger charge is -2.29. The van der Waals surface area contributed by atoms with E-state index in [-0.39, 0.29) is 0 Å². The Kier molecular flexibility index (Phi) is 4.37. The molecule has 1 atom stereocenters. The molecule has 62 valence electrons. The fraction of sp³-hybridized carbons (Fsp3) is 1.00. The van der Waals surface area contributed by atoms with Crippen LogP contribution in [0.3, 0.4) is 0 Å². The Morgan fingerprint density at radius 1 is 1.50 bits per heavy atom. The second-order valence-corrected chi connectivity index (χ2v) is 4.31. The van der Waals surface area contributed by atoms with Crippen LogP contribution in [0.4, 0.5) is 0 Å². The van der Waals surface area contributed by atoms with Crippen molar-refractivity contribution in [2.75, 3.05) is 12.0 Å². The Morgan fingerprint density at radius 3 is 2.30 bits per heavy atom. The molecule has 0 aromatic rings. The Labute approximate surface area is 68.8 Å². The first kappa shape index (κ1) is 10.3. The minimum absolute atomic E-state index is 0.309. The van der Waals surface area contributed by atoms with Crippen molar-refractivity contribution in [3.05, 3.63) is 0 Å². The second-order valence-electron chi connectivity index (χ2n) is 3.40. The first-order valence-corrected chi connectivity index (χ1v) is 5.18. The molecule has 0 aliphatic rings. The van der Waals surface area contributed by atoms with E-state index in [2.05, 4.69) is 27.0 Å². The SMILES string of the molecule is CCC(C)(C)C(N)CSC. The maximum Gasteiger partial charge on any atom is 0.0182 e. The lowest BCUT2D eigenvalue weighted by atomic mass is 9.83. The van der Waals surface area contributed by atoms with Gasteiger partial charge in [0.15, 0.2) is 0 Å². The predicted molar refractivity (Wildman–Crippen MR) is 50.4 cm³/mol. The molecule has 0 bridgehead atoms. The van der Waals surface area contributed by atoms with E-state index in [9.17, 15) is 0 Å². The molecule has 0 amide bonds. The maximum absolute atomic E-state index is 5.95. The monoisotopic (exact) mass is 161 g/mol. The first-order valence-electron chi connectivity index (χ1n) is 3.79. The van der Waals surface area contributed by atoms with Gasteiger partial charge < -0.3 is 5.73 Å². The van der Waals surface area contributed by atoms with Crippen molar-refractivity contribution >= 4 is 11.8 Å². The van der Waals surface area contributed by atoms with Crippen molar-refractivity contribution in [1.29, 1.82) is 0 Å². The van der Waals surface area contributed by atoms with Crippen LogP contribution in [0.15, 0.2) is 0 Å². The van der Waals surface area contributed by atoms with E-state index in [0.717, 1.165) is 12.2 Å². The van der Waals surface area contributed by atoms with Gasteiger partial charge in [0.25, 0.3) is 0 Å². The van der Waals surface area contributed by atoms with Crippen molar-refractivity contribution < 1.29 is 0 Å². The fourth-order valence-corrected chi connectivity index (χ4v) is 1.48. The molecule has 0 saturated heterocycles. The summed E-state index contributed by atoms with van der Waals surface area (Å²) in [5.41, 5.74) is 6.26. The molecule has 0 radical (unpaired) electrons. The fourth-order valence-electron chi connectivity index (χ4n) is 0.667. The summed E-state index contributed by atoms with van der Waals surface area (Å²) in [6.45, 7) is 6.65. The highest BCUT2D eigenvalue weighted by atomic mass is 32.2. The zero-order valence-corrected chi connectivity index (χ0v) is 8.29. The molecule has 0 saturated carbocycles. The average Bonchev–Trinajstić information content (AvgIpc) is 1.89. The van der Waals surface area contributed by atoms with Crippen molar-refractivity contribution in [1.82, 2.24) is 0 Å². The first-order chi connectivity index (χ1) is 4.54. The smallest absolute Gasteiger partial charge is 0.0182 e. The van der Waals surface area contributed by atoms with E-state index in [4.69, 9.17) is 5.73 Å². The van der Waals surface area contributed by atoms with Gasteiger partial charge >= 0.3 is 0 Å². The molecule has 0 spiro atoms. The van der Waals surface area contributed by atoms with Crippen LogP contribution in [0.5, 0.6) is 0 Å². The molecule has 10 heavy (non-hydrogen) atoms. The zero-order chi connectivity index (χ0) is 8.20. The lowest BCUT2D eigenvalue weighted by molar-refractivity contribution is 0.294. The summed E-state index contributed by atoms with van der Waals surface area (Å²) in [7, 11) is 0. The summed E-state index contributed by atoms with van der Waals surface area (Å²) in [4.78, 5) is 0. The van der Waals surface area contributed by atoms with Crippen molar-refractivity contribution in [3.8, 4) is 0 Å². The summed E-state index contributed by atoms with van der Waals surface area (Å²) in [5.74, 6) is 1.07. The highest BCUT2D eigenvalue weighted by molar-refractivity contribution is 7.98. The van der Waals surface area contributed by atoms with Gasteiger partial charge in [-0.25, -0.2) is 0 Å². The predicted octanol–water partition coefficient (Wildman–Crippen LogP) is 2.11. The van der Waals surface area contributed by atoms with Gasteiger partial charge in [0.05, 0.1) is 0 Å². The zero-order valence-electron chi connectivity index (χ0n) is 7.48. The van der Waals surface area contributed by atoms with Gasteiger partial charge in [0, 0.05) is 11.8 Å². The Hall–Kier alpha value is 0.310. The summed E-state index contributed by atoms with van der Waals surface area (Å²) in [5, 5.41) is 0. The van der Waals surface area contributed by atoms with Crippen LogP contribution in [0, 0.1) is 5.41 Å². The molecule has 0 aromatic heterocycles. The van der Waals surface area contributed by atoms with Crippen LogP contribution in [-0.2, 0) is 0 Å². The lowest BCUT2D eigenvalue weighted by Crippen LogP contribution is -2.38. The average molecular weight is 161 g/mol. The number of nitrogens with two attached hydrogens (primary N) is 1. The normalized spacial score (nSPS) is 15.3. The number of hydrogen-bond acceptors (Lipinski definition) is 2. The third kappa shape index (κ3) is 2.93. The second kappa shape index (κ2) is 4.24. The van der Waals surface area contributed by atoms with E-state index >= 15 is 0 Å². The molecule has 0 rings (SSSR count). The van der Waals surface area contributed by atoms with Crippen LogP contribution < -0.4 is 5.73 Å². The van der Waals surface area contributed by atoms with E-state index in [1.807, 2.05) is 11.8 Å². The van der Waals surface area contributed by atoms with Crippen LogP contribution in [0.25, 0.3) is 0 Å². The molecule has 2 heteroatoms.